The van der Waals surface area contributed by atoms with Gasteiger partial charge in [-0.15, -0.1) is 0 Å². The molecule has 2 N–H and O–H groups in total. The van der Waals surface area contributed by atoms with Gasteiger partial charge in [-0.05, 0) is 34.8 Å². The molecule has 2 aromatic carbocycles. The van der Waals surface area contributed by atoms with Crippen molar-refractivity contribution in [2.45, 2.75) is 32.3 Å². The van der Waals surface area contributed by atoms with E-state index >= 15 is 0 Å². The topological polar surface area (TPSA) is 76.7 Å². The minimum Gasteiger partial charge on any atom is -0.485 e. The molecule has 2 aromatic rings. The fourth-order valence-electron chi connectivity index (χ4n) is 2.66. The van der Waals surface area contributed by atoms with E-state index in [2.05, 4.69) is 31.6 Å². The van der Waals surface area contributed by atoms with Crippen molar-refractivity contribution in [3.63, 3.8) is 0 Å². The molecule has 146 valence electrons. The summed E-state index contributed by atoms with van der Waals surface area (Å²) in [6, 6.07) is 15.1. The quantitative estimate of drug-likeness (QED) is 0.634. The van der Waals surface area contributed by atoms with Gasteiger partial charge in [-0.3, -0.25) is 20.4 Å². The second-order valence-corrected chi connectivity index (χ2v) is 7.55. The Bertz CT molecular complexity index is 882. The third-order valence-corrected chi connectivity index (χ3v) is 4.31. The molecule has 0 fully saturated rings. The van der Waals surface area contributed by atoms with E-state index in [1.54, 1.807) is 24.3 Å². The molecule has 0 aromatic heterocycles. The summed E-state index contributed by atoms with van der Waals surface area (Å²) in [4.78, 5) is 24.1. The molecule has 0 aliphatic carbocycles. The normalized spacial score (nSPS) is 15.9. The molecule has 1 atom stereocenters. The summed E-state index contributed by atoms with van der Waals surface area (Å²) < 4.78 is 11.1. The lowest BCUT2D eigenvalue weighted by atomic mass is 9.87. The van der Waals surface area contributed by atoms with E-state index in [0.717, 1.165) is 5.56 Å². The number of fused-ring (bicyclic) bond motifs is 1. The Morgan fingerprint density at radius 3 is 2.36 bits per heavy atom. The molecule has 3 rings (SSSR count). The van der Waals surface area contributed by atoms with Gasteiger partial charge in [0.15, 0.2) is 11.5 Å². The first-order valence-corrected chi connectivity index (χ1v) is 9.10. The highest BCUT2D eigenvalue weighted by Crippen LogP contribution is 2.30. The number of hydrogen-bond donors (Lipinski definition) is 2. The Kier molecular flexibility index (Phi) is 5.68. The molecule has 0 spiro atoms. The van der Waals surface area contributed by atoms with Crippen LogP contribution in [0.1, 0.15) is 31.9 Å². The molecule has 1 aliphatic rings. The van der Waals surface area contributed by atoms with Crippen LogP contribution in [-0.2, 0) is 15.0 Å². The third-order valence-electron chi connectivity index (χ3n) is 4.31. The predicted octanol–water partition coefficient (Wildman–Crippen LogP) is 2.98. The minimum atomic E-state index is -0.830. The Balaban J connectivity index is 1.49. The van der Waals surface area contributed by atoms with Crippen LogP contribution >= 0.6 is 0 Å². The molecule has 0 saturated heterocycles. The van der Waals surface area contributed by atoms with E-state index < -0.39 is 17.9 Å². The molecule has 28 heavy (non-hydrogen) atoms. The zero-order valence-electron chi connectivity index (χ0n) is 16.2. The molecule has 0 radical (unpaired) electrons. The number of benzene rings is 2. The lowest BCUT2D eigenvalue weighted by molar-refractivity contribution is -0.134. The molecule has 2 amide bonds. The SMILES string of the molecule is CC(C)(C)c1ccc(/C=C/C(=O)NNC(=O)C2COc3ccccc3O2)cc1. The Morgan fingerprint density at radius 2 is 1.68 bits per heavy atom. The number of amides is 2. The first kappa shape index (κ1) is 19.5. The van der Waals surface area contributed by atoms with Crippen molar-refractivity contribution >= 4 is 17.9 Å². The second-order valence-electron chi connectivity index (χ2n) is 7.55. The van der Waals surface area contributed by atoms with Gasteiger partial charge in [0.05, 0.1) is 0 Å². The maximum atomic E-state index is 12.2. The van der Waals surface area contributed by atoms with Gasteiger partial charge in [-0.2, -0.15) is 0 Å². The van der Waals surface area contributed by atoms with Crippen LogP contribution in [-0.4, -0.2) is 24.5 Å². The standard InChI is InChI=1S/C22H24N2O4/c1-22(2,3)16-11-8-15(9-12-16)10-13-20(25)23-24-21(26)19-14-27-17-6-4-5-7-18(17)28-19/h4-13,19H,14H2,1-3H3,(H,23,25)(H,24,26)/b13-10+. The Labute approximate surface area is 164 Å². The molecule has 0 bridgehead atoms. The van der Waals surface area contributed by atoms with E-state index in [0.29, 0.717) is 11.5 Å². The largest absolute Gasteiger partial charge is 0.485 e. The van der Waals surface area contributed by atoms with Crippen LogP contribution in [0, 0.1) is 0 Å². The van der Waals surface area contributed by atoms with Crippen molar-refractivity contribution in [2.75, 3.05) is 6.61 Å². The first-order chi connectivity index (χ1) is 13.3. The maximum Gasteiger partial charge on any atom is 0.283 e. The van der Waals surface area contributed by atoms with Gasteiger partial charge in [-0.1, -0.05) is 57.2 Å². The van der Waals surface area contributed by atoms with Gasteiger partial charge < -0.3 is 9.47 Å². The fourth-order valence-corrected chi connectivity index (χ4v) is 2.66. The zero-order valence-corrected chi connectivity index (χ0v) is 16.2. The molecular formula is C22H24N2O4. The lowest BCUT2D eigenvalue weighted by Gasteiger charge is -2.25. The number of carbonyl (C=O) groups is 2. The van der Waals surface area contributed by atoms with E-state index in [9.17, 15) is 9.59 Å². The van der Waals surface area contributed by atoms with E-state index in [-0.39, 0.29) is 12.0 Å². The van der Waals surface area contributed by atoms with Crippen LogP contribution in [0.3, 0.4) is 0 Å². The van der Waals surface area contributed by atoms with Gasteiger partial charge in [0.1, 0.15) is 6.61 Å². The molecule has 1 aliphatic heterocycles. The number of rotatable bonds is 3. The van der Waals surface area contributed by atoms with Crippen LogP contribution in [0.15, 0.2) is 54.6 Å². The first-order valence-electron chi connectivity index (χ1n) is 9.10. The summed E-state index contributed by atoms with van der Waals surface area (Å²) in [6.45, 7) is 6.52. The molecule has 1 unspecified atom stereocenters. The number of nitrogens with one attached hydrogen (secondary N) is 2. The van der Waals surface area contributed by atoms with Crippen LogP contribution in [0.25, 0.3) is 6.08 Å². The van der Waals surface area contributed by atoms with E-state index in [4.69, 9.17) is 9.47 Å². The van der Waals surface area contributed by atoms with E-state index in [1.807, 2.05) is 30.3 Å². The van der Waals surface area contributed by atoms with E-state index in [1.165, 1.54) is 11.6 Å². The summed E-state index contributed by atoms with van der Waals surface area (Å²) >= 11 is 0. The Morgan fingerprint density at radius 1 is 1.00 bits per heavy atom. The summed E-state index contributed by atoms with van der Waals surface area (Å²) in [6.07, 6.45) is 2.22. The molecular weight excluding hydrogens is 356 g/mol. The van der Waals surface area contributed by atoms with Crippen molar-refractivity contribution in [2.24, 2.45) is 0 Å². The second kappa shape index (κ2) is 8.17. The van der Waals surface area contributed by atoms with Crippen LogP contribution in [0.5, 0.6) is 11.5 Å². The van der Waals surface area contributed by atoms with Crippen molar-refractivity contribution in [3.05, 3.63) is 65.7 Å². The highest BCUT2D eigenvalue weighted by atomic mass is 16.6. The van der Waals surface area contributed by atoms with Crippen LogP contribution in [0.4, 0.5) is 0 Å². The van der Waals surface area contributed by atoms with Crippen molar-refractivity contribution < 1.29 is 19.1 Å². The Hall–Kier alpha value is -3.28. The summed E-state index contributed by atoms with van der Waals surface area (Å²) in [7, 11) is 0. The molecule has 1 heterocycles. The van der Waals surface area contributed by atoms with Crippen LogP contribution in [0.2, 0.25) is 0 Å². The van der Waals surface area contributed by atoms with Crippen molar-refractivity contribution in [1.29, 1.82) is 0 Å². The number of hydrazine groups is 1. The van der Waals surface area contributed by atoms with Crippen LogP contribution < -0.4 is 20.3 Å². The fraction of sp³-hybridized carbons (Fsp3) is 0.273. The number of para-hydroxylation sites is 2. The zero-order chi connectivity index (χ0) is 20.1. The van der Waals surface area contributed by atoms with Gasteiger partial charge in [0.25, 0.3) is 11.8 Å². The minimum absolute atomic E-state index is 0.0781. The van der Waals surface area contributed by atoms with Crippen molar-refractivity contribution in [1.82, 2.24) is 10.9 Å². The monoisotopic (exact) mass is 380 g/mol. The third kappa shape index (κ3) is 4.91. The molecule has 0 saturated carbocycles. The average Bonchev–Trinajstić information content (AvgIpc) is 2.69. The number of hydrogen-bond acceptors (Lipinski definition) is 4. The predicted molar refractivity (Wildman–Crippen MR) is 107 cm³/mol. The smallest absolute Gasteiger partial charge is 0.283 e. The summed E-state index contributed by atoms with van der Waals surface area (Å²) in [5, 5.41) is 0. The van der Waals surface area contributed by atoms with Gasteiger partial charge in [0, 0.05) is 6.08 Å². The maximum absolute atomic E-state index is 12.2. The summed E-state index contributed by atoms with van der Waals surface area (Å²) in [5.41, 5.74) is 6.90. The van der Waals surface area contributed by atoms with Gasteiger partial charge in [0.2, 0.25) is 6.10 Å². The number of ether oxygens (including phenoxy) is 2. The summed E-state index contributed by atoms with van der Waals surface area (Å²) in [5.74, 6) is 0.172. The number of carbonyl (C=O) groups excluding carboxylic acids is 2. The molecule has 6 heteroatoms. The highest BCUT2D eigenvalue weighted by molar-refractivity contribution is 5.93. The highest BCUT2D eigenvalue weighted by Gasteiger charge is 2.27. The van der Waals surface area contributed by atoms with Gasteiger partial charge >= 0.3 is 0 Å². The van der Waals surface area contributed by atoms with Crippen molar-refractivity contribution in [3.8, 4) is 11.5 Å². The average molecular weight is 380 g/mol. The van der Waals surface area contributed by atoms with Gasteiger partial charge in [-0.25, -0.2) is 0 Å². The lowest BCUT2D eigenvalue weighted by Crippen LogP contribution is -2.50. The molecule has 6 nitrogen and oxygen atoms in total.